The summed E-state index contributed by atoms with van der Waals surface area (Å²) in [4.78, 5) is 29.2. The summed E-state index contributed by atoms with van der Waals surface area (Å²) >= 11 is 0. The third kappa shape index (κ3) is 4.97. The molecule has 32 heavy (non-hydrogen) atoms. The maximum Gasteiger partial charge on any atom is 0.297 e. The van der Waals surface area contributed by atoms with Crippen LogP contribution in [0.5, 0.6) is 5.75 Å². The molecule has 2 aromatic carbocycles. The molecule has 0 unspecified atom stereocenters. The molecule has 0 bridgehead atoms. The zero-order valence-electron chi connectivity index (χ0n) is 18.8. The molecule has 0 aliphatic heterocycles. The molecule has 0 fully saturated rings. The van der Waals surface area contributed by atoms with Crippen molar-refractivity contribution in [3.63, 3.8) is 0 Å². The number of nitrogens with two attached hydrogens (primary N) is 1. The Balaban J connectivity index is 1.97. The van der Waals surface area contributed by atoms with Gasteiger partial charge in [0.05, 0.1) is 11.2 Å². The number of para-hydroxylation sites is 1. The average Bonchev–Trinajstić information content (AvgIpc) is 2.76. The first-order valence-corrected chi connectivity index (χ1v) is 10.4. The molecule has 0 aliphatic carbocycles. The van der Waals surface area contributed by atoms with E-state index in [-0.39, 0.29) is 11.4 Å². The molecule has 8 nitrogen and oxygen atoms in total. The maximum atomic E-state index is 13.3. The second-order valence-corrected chi connectivity index (χ2v) is 8.01. The molecule has 0 atom stereocenters. The Labute approximate surface area is 187 Å². The molecule has 1 heterocycles. The van der Waals surface area contributed by atoms with Gasteiger partial charge in [0.25, 0.3) is 5.56 Å². The molecule has 3 aromatic rings. The molecule has 0 aliphatic rings. The number of carbonyl (C=O) groups is 1. The number of aromatic nitrogens is 2. The minimum Gasteiger partial charge on any atom is -0.492 e. The molecule has 0 saturated heterocycles. The van der Waals surface area contributed by atoms with Crippen LogP contribution >= 0.6 is 0 Å². The van der Waals surface area contributed by atoms with Gasteiger partial charge in [-0.15, -0.1) is 0 Å². The zero-order chi connectivity index (χ0) is 23.3. The van der Waals surface area contributed by atoms with Gasteiger partial charge in [0.2, 0.25) is 5.91 Å². The lowest BCUT2D eigenvalue weighted by Gasteiger charge is -2.29. The lowest BCUT2D eigenvalue weighted by Crippen LogP contribution is -2.34. The molecule has 0 saturated carbocycles. The van der Waals surface area contributed by atoms with Crippen molar-refractivity contribution >= 4 is 11.7 Å². The second-order valence-electron chi connectivity index (χ2n) is 8.01. The topological polar surface area (TPSA) is 111 Å². The van der Waals surface area contributed by atoms with Crippen LogP contribution in [0.25, 0.3) is 5.69 Å². The van der Waals surface area contributed by atoms with Gasteiger partial charge in [-0.05, 0) is 51.6 Å². The first-order chi connectivity index (χ1) is 15.2. The summed E-state index contributed by atoms with van der Waals surface area (Å²) in [6, 6.07) is 12.7. The fourth-order valence-corrected chi connectivity index (χ4v) is 3.44. The van der Waals surface area contributed by atoms with Crippen LogP contribution in [0.4, 0.5) is 5.82 Å². The van der Waals surface area contributed by atoms with Crippen LogP contribution in [-0.4, -0.2) is 35.7 Å². The Morgan fingerprint density at radius 2 is 1.97 bits per heavy atom. The molecule has 0 radical (unpaired) electrons. The van der Waals surface area contributed by atoms with Gasteiger partial charge in [0.1, 0.15) is 12.4 Å². The highest BCUT2D eigenvalue weighted by Gasteiger charge is 2.26. The SMILES string of the molecule is CNCCOc1ccccc1C(C)(C)Nc1nccn(-c2cc(C(N)=O)ccc2C)c1=O. The number of nitrogens with zero attached hydrogens (tertiary/aromatic N) is 2. The average molecular weight is 436 g/mol. The number of aryl methyl sites for hydroxylation is 1. The van der Waals surface area contributed by atoms with E-state index in [0.29, 0.717) is 17.9 Å². The van der Waals surface area contributed by atoms with Gasteiger partial charge in [0, 0.05) is 30.1 Å². The molecular formula is C24H29N5O3. The monoisotopic (exact) mass is 435 g/mol. The number of benzene rings is 2. The summed E-state index contributed by atoms with van der Waals surface area (Å²) < 4.78 is 7.39. The Bertz CT molecular complexity index is 1170. The number of primary amides is 1. The molecule has 1 amide bonds. The zero-order valence-corrected chi connectivity index (χ0v) is 18.8. The van der Waals surface area contributed by atoms with Gasteiger partial charge < -0.3 is 21.1 Å². The first-order valence-electron chi connectivity index (χ1n) is 10.4. The summed E-state index contributed by atoms with van der Waals surface area (Å²) in [7, 11) is 1.87. The van der Waals surface area contributed by atoms with Gasteiger partial charge in [-0.3, -0.25) is 14.2 Å². The summed E-state index contributed by atoms with van der Waals surface area (Å²) in [5.74, 6) is 0.371. The van der Waals surface area contributed by atoms with Crippen LogP contribution in [0, 0.1) is 6.92 Å². The number of hydrogen-bond acceptors (Lipinski definition) is 6. The van der Waals surface area contributed by atoms with Crippen molar-refractivity contribution < 1.29 is 9.53 Å². The van der Waals surface area contributed by atoms with E-state index in [0.717, 1.165) is 23.4 Å². The Kier molecular flexibility index (Phi) is 6.95. The molecule has 4 N–H and O–H groups in total. The predicted molar refractivity (Wildman–Crippen MR) is 126 cm³/mol. The molecule has 3 rings (SSSR count). The number of hydrogen-bond donors (Lipinski definition) is 3. The highest BCUT2D eigenvalue weighted by atomic mass is 16.5. The third-order valence-electron chi connectivity index (χ3n) is 5.19. The van der Waals surface area contributed by atoms with Crippen LogP contribution in [0.2, 0.25) is 0 Å². The van der Waals surface area contributed by atoms with E-state index in [2.05, 4.69) is 15.6 Å². The number of anilines is 1. The number of nitrogens with one attached hydrogen (secondary N) is 2. The number of ether oxygens (including phenoxy) is 1. The highest BCUT2D eigenvalue weighted by Crippen LogP contribution is 2.31. The van der Waals surface area contributed by atoms with Gasteiger partial charge >= 0.3 is 0 Å². The van der Waals surface area contributed by atoms with Crippen LogP contribution in [0.1, 0.15) is 35.3 Å². The molecule has 168 valence electrons. The van der Waals surface area contributed by atoms with E-state index in [4.69, 9.17) is 10.5 Å². The van der Waals surface area contributed by atoms with Crippen LogP contribution < -0.4 is 26.7 Å². The van der Waals surface area contributed by atoms with Crippen LogP contribution in [-0.2, 0) is 5.54 Å². The smallest absolute Gasteiger partial charge is 0.297 e. The van der Waals surface area contributed by atoms with E-state index >= 15 is 0 Å². The first kappa shape index (κ1) is 23.0. The third-order valence-corrected chi connectivity index (χ3v) is 5.19. The van der Waals surface area contributed by atoms with Crippen molar-refractivity contribution in [2.45, 2.75) is 26.3 Å². The van der Waals surface area contributed by atoms with E-state index in [1.165, 1.54) is 4.57 Å². The minimum absolute atomic E-state index is 0.186. The Morgan fingerprint density at radius 3 is 2.69 bits per heavy atom. The normalized spacial score (nSPS) is 11.2. The number of likely N-dealkylation sites (N-methyl/N-ethyl adjacent to an activating group) is 1. The van der Waals surface area contributed by atoms with E-state index in [1.54, 1.807) is 30.6 Å². The van der Waals surface area contributed by atoms with E-state index in [9.17, 15) is 9.59 Å². The maximum absolute atomic E-state index is 13.3. The summed E-state index contributed by atoms with van der Waals surface area (Å²) in [6.45, 7) is 7.03. The summed E-state index contributed by atoms with van der Waals surface area (Å²) in [5.41, 5.74) is 7.07. The standard InChI is InChI=1S/C24H29N5O3/c1-16-9-10-17(21(25)30)15-19(16)29-13-11-27-22(23(29)31)28-24(2,3)18-7-5-6-8-20(18)32-14-12-26-4/h5-11,13,15,26H,12,14H2,1-4H3,(H2,25,30)(H,27,28). The lowest BCUT2D eigenvalue weighted by molar-refractivity contribution is 0.1000. The fourth-order valence-electron chi connectivity index (χ4n) is 3.44. The van der Waals surface area contributed by atoms with Crippen LogP contribution in [0.15, 0.2) is 59.7 Å². The van der Waals surface area contributed by atoms with Gasteiger partial charge in [-0.25, -0.2) is 4.98 Å². The lowest BCUT2D eigenvalue weighted by atomic mass is 9.93. The van der Waals surface area contributed by atoms with Crippen molar-refractivity contribution in [2.75, 3.05) is 25.5 Å². The van der Waals surface area contributed by atoms with Crippen LogP contribution in [0.3, 0.4) is 0 Å². The van der Waals surface area contributed by atoms with Crippen molar-refractivity contribution in [3.05, 3.63) is 81.9 Å². The number of amides is 1. The van der Waals surface area contributed by atoms with Gasteiger partial charge in [-0.2, -0.15) is 0 Å². The number of rotatable bonds is 9. The Morgan fingerprint density at radius 1 is 1.22 bits per heavy atom. The molecule has 8 heteroatoms. The molecule has 0 spiro atoms. The van der Waals surface area contributed by atoms with Gasteiger partial charge in [-0.1, -0.05) is 24.3 Å². The van der Waals surface area contributed by atoms with Crippen molar-refractivity contribution in [3.8, 4) is 11.4 Å². The summed E-state index contributed by atoms with van der Waals surface area (Å²) in [5, 5.41) is 6.33. The quantitative estimate of drug-likeness (QED) is 0.446. The van der Waals surface area contributed by atoms with Gasteiger partial charge in [0.15, 0.2) is 5.82 Å². The van der Waals surface area contributed by atoms with Crippen molar-refractivity contribution in [2.24, 2.45) is 5.73 Å². The number of carbonyl (C=O) groups excluding carboxylic acids is 1. The Hall–Kier alpha value is -3.65. The fraction of sp³-hybridized carbons (Fsp3) is 0.292. The minimum atomic E-state index is -0.647. The predicted octanol–water partition coefficient (Wildman–Crippen LogP) is 2.59. The second kappa shape index (κ2) is 9.65. The summed E-state index contributed by atoms with van der Waals surface area (Å²) in [6.07, 6.45) is 3.12. The molecular weight excluding hydrogens is 406 g/mol. The van der Waals surface area contributed by atoms with E-state index in [1.807, 2.05) is 52.1 Å². The van der Waals surface area contributed by atoms with E-state index < -0.39 is 11.4 Å². The van der Waals surface area contributed by atoms with Crippen molar-refractivity contribution in [1.29, 1.82) is 0 Å². The molecule has 1 aromatic heterocycles. The largest absolute Gasteiger partial charge is 0.492 e. The highest BCUT2D eigenvalue weighted by molar-refractivity contribution is 5.93. The van der Waals surface area contributed by atoms with Crippen molar-refractivity contribution in [1.82, 2.24) is 14.9 Å².